The predicted molar refractivity (Wildman–Crippen MR) is 96.4 cm³/mol. The zero-order chi connectivity index (χ0) is 22.8. The maximum absolute atomic E-state index is 13.4. The molecule has 0 saturated carbocycles. The summed E-state index contributed by atoms with van der Waals surface area (Å²) < 4.78 is 103. The van der Waals surface area contributed by atoms with Crippen LogP contribution in [0.2, 0.25) is 10.0 Å². The second-order valence-corrected chi connectivity index (χ2v) is 8.88. The number of nitrogens with zero attached hydrogens (tertiary/aromatic N) is 3. The van der Waals surface area contributed by atoms with Gasteiger partial charge in [-0.3, -0.25) is 0 Å². The first-order valence-corrected chi connectivity index (χ1v) is 10.2. The normalized spacial score (nSPS) is 13.2. The van der Waals surface area contributed by atoms with Gasteiger partial charge in [0, 0.05) is 6.26 Å². The number of benzene rings is 1. The van der Waals surface area contributed by atoms with Crippen molar-refractivity contribution in [1.82, 2.24) is 14.8 Å². The van der Waals surface area contributed by atoms with Gasteiger partial charge >= 0.3 is 12.4 Å². The van der Waals surface area contributed by atoms with Crippen LogP contribution in [-0.4, -0.2) is 29.4 Å². The second-order valence-electron chi connectivity index (χ2n) is 6.05. The number of nitrogens with two attached hydrogens (primary N) is 1. The van der Waals surface area contributed by atoms with Gasteiger partial charge < -0.3 is 5.73 Å². The van der Waals surface area contributed by atoms with Gasteiger partial charge in [-0.15, -0.1) is 5.10 Å². The molecule has 0 aliphatic rings. The molecule has 2 aromatic heterocycles. The summed E-state index contributed by atoms with van der Waals surface area (Å²) in [5.74, 6) is -0.741. The van der Waals surface area contributed by atoms with Crippen LogP contribution in [0.1, 0.15) is 11.3 Å². The second kappa shape index (κ2) is 6.89. The number of sulfone groups is 1. The van der Waals surface area contributed by atoms with Crippen molar-refractivity contribution in [2.75, 3.05) is 12.0 Å². The third-order valence-corrected chi connectivity index (χ3v) is 5.57. The topological polar surface area (TPSA) is 90.9 Å². The molecule has 2 N–H and O–H groups in total. The van der Waals surface area contributed by atoms with Gasteiger partial charge in [0.2, 0.25) is 0 Å². The van der Waals surface area contributed by atoms with Crippen molar-refractivity contribution in [1.29, 1.82) is 0 Å². The summed E-state index contributed by atoms with van der Waals surface area (Å²) in [6.07, 6.45) is -9.53. The largest absolute Gasteiger partial charge is 0.433 e. The first kappa shape index (κ1) is 22.4. The summed E-state index contributed by atoms with van der Waals surface area (Å²) in [7, 11) is -3.75. The number of rotatable bonds is 2. The Kier molecular flexibility index (Phi) is 5.15. The molecule has 0 spiro atoms. The molecule has 1 aromatic carbocycles. The average Bonchev–Trinajstić information content (AvgIpc) is 2.87. The van der Waals surface area contributed by atoms with Gasteiger partial charge in [-0.2, -0.15) is 26.3 Å². The lowest BCUT2D eigenvalue weighted by Gasteiger charge is -2.12. The van der Waals surface area contributed by atoms with Crippen LogP contribution in [0, 0.1) is 0 Å². The van der Waals surface area contributed by atoms with Crippen molar-refractivity contribution >= 4 is 49.9 Å². The predicted octanol–water partition coefficient (Wildman–Crippen LogP) is 4.75. The van der Waals surface area contributed by atoms with E-state index in [0.717, 1.165) is 18.4 Å². The standard InChI is InChI=1S/C15H8Cl2F6N4O2S/c1-30(28,29)5-2-7(16)11(8(17)3-5)27-12(24)10-6(14(18,19)20)4-9(15(21,22)23)25-13(10)26-27/h2-4H,24H2,1H3. The zero-order valence-corrected chi connectivity index (χ0v) is 16.7. The van der Waals surface area contributed by atoms with E-state index in [1.165, 1.54) is 0 Å². The molecular formula is C15H8Cl2F6N4O2S. The molecule has 2 heterocycles. The van der Waals surface area contributed by atoms with Crippen LogP contribution in [0.5, 0.6) is 0 Å². The van der Waals surface area contributed by atoms with Crippen LogP contribution in [0.4, 0.5) is 32.2 Å². The third kappa shape index (κ3) is 3.88. The van der Waals surface area contributed by atoms with E-state index >= 15 is 0 Å². The first-order valence-electron chi connectivity index (χ1n) is 7.55. The van der Waals surface area contributed by atoms with Gasteiger partial charge in [0.1, 0.15) is 17.2 Å². The van der Waals surface area contributed by atoms with E-state index in [1.54, 1.807) is 0 Å². The molecule has 0 saturated heterocycles. The Labute approximate surface area is 174 Å². The van der Waals surface area contributed by atoms with Crippen LogP contribution in [0.25, 0.3) is 16.7 Å². The molecule has 0 unspecified atom stereocenters. The fourth-order valence-corrected chi connectivity index (χ4v) is 4.05. The van der Waals surface area contributed by atoms with Crippen molar-refractivity contribution in [2.45, 2.75) is 17.2 Å². The van der Waals surface area contributed by atoms with E-state index in [-0.39, 0.29) is 26.7 Å². The highest BCUT2D eigenvalue weighted by Crippen LogP contribution is 2.42. The van der Waals surface area contributed by atoms with Crippen molar-refractivity contribution in [2.24, 2.45) is 0 Å². The molecule has 0 aliphatic heterocycles. The molecule has 0 amide bonds. The Morgan fingerprint density at radius 2 is 1.53 bits per heavy atom. The lowest BCUT2D eigenvalue weighted by Crippen LogP contribution is -2.13. The minimum atomic E-state index is -5.21. The smallest absolute Gasteiger partial charge is 0.383 e. The Hall–Kier alpha value is -2.25. The minimum Gasteiger partial charge on any atom is -0.383 e. The number of alkyl halides is 6. The number of aromatic nitrogens is 3. The highest BCUT2D eigenvalue weighted by atomic mass is 35.5. The number of hydrogen-bond donors (Lipinski definition) is 1. The van der Waals surface area contributed by atoms with Gasteiger partial charge in [-0.05, 0) is 18.2 Å². The zero-order valence-electron chi connectivity index (χ0n) is 14.4. The number of nitrogen functional groups attached to an aromatic ring is 1. The summed E-state index contributed by atoms with van der Waals surface area (Å²) in [5.41, 5.74) is 0.925. The van der Waals surface area contributed by atoms with Gasteiger partial charge in [0.15, 0.2) is 15.5 Å². The molecule has 3 aromatic rings. The minimum absolute atomic E-state index is 0.180. The van der Waals surface area contributed by atoms with Crippen LogP contribution < -0.4 is 5.73 Å². The molecule has 15 heteroatoms. The highest BCUT2D eigenvalue weighted by Gasteiger charge is 2.41. The fraction of sp³-hybridized carbons (Fsp3) is 0.200. The van der Waals surface area contributed by atoms with Gasteiger partial charge in [-0.25, -0.2) is 18.1 Å². The van der Waals surface area contributed by atoms with Crippen LogP contribution in [0.15, 0.2) is 23.1 Å². The van der Waals surface area contributed by atoms with E-state index in [1.807, 2.05) is 0 Å². The monoisotopic (exact) mass is 492 g/mol. The molecule has 30 heavy (non-hydrogen) atoms. The maximum atomic E-state index is 13.4. The molecule has 162 valence electrons. The van der Waals surface area contributed by atoms with E-state index in [0.29, 0.717) is 4.68 Å². The van der Waals surface area contributed by atoms with Crippen molar-refractivity contribution in [3.8, 4) is 5.69 Å². The summed E-state index contributed by atoms with van der Waals surface area (Å²) >= 11 is 12.0. The Morgan fingerprint density at radius 3 is 1.97 bits per heavy atom. The summed E-state index contributed by atoms with van der Waals surface area (Å²) in [6.45, 7) is 0. The van der Waals surface area contributed by atoms with Gasteiger partial charge in [0.05, 0.1) is 25.9 Å². The van der Waals surface area contributed by atoms with Crippen LogP contribution in [0.3, 0.4) is 0 Å². The highest BCUT2D eigenvalue weighted by molar-refractivity contribution is 7.90. The number of halogens is 8. The lowest BCUT2D eigenvalue weighted by molar-refractivity contribution is -0.144. The Morgan fingerprint density at radius 1 is 1.00 bits per heavy atom. The number of hydrogen-bond acceptors (Lipinski definition) is 5. The molecular weight excluding hydrogens is 485 g/mol. The molecule has 0 atom stereocenters. The van der Waals surface area contributed by atoms with Crippen molar-refractivity contribution in [3.63, 3.8) is 0 Å². The van der Waals surface area contributed by atoms with Crippen molar-refractivity contribution in [3.05, 3.63) is 39.5 Å². The first-order chi connectivity index (χ1) is 13.5. The molecule has 0 aliphatic carbocycles. The Bertz CT molecular complexity index is 1260. The van der Waals surface area contributed by atoms with Crippen LogP contribution in [-0.2, 0) is 22.2 Å². The summed E-state index contributed by atoms with van der Waals surface area (Å²) in [6, 6.07) is 1.72. The van der Waals surface area contributed by atoms with E-state index in [9.17, 15) is 34.8 Å². The number of anilines is 1. The molecule has 0 radical (unpaired) electrons. The average molecular weight is 493 g/mol. The summed E-state index contributed by atoms with van der Waals surface area (Å²) in [4.78, 5) is 2.82. The van der Waals surface area contributed by atoms with Crippen molar-refractivity contribution < 1.29 is 34.8 Å². The maximum Gasteiger partial charge on any atom is 0.433 e. The van der Waals surface area contributed by atoms with E-state index in [4.69, 9.17) is 28.9 Å². The number of fused-ring (bicyclic) bond motifs is 1. The summed E-state index contributed by atoms with van der Waals surface area (Å²) in [5, 5.41) is 1.98. The quantitative estimate of drug-likeness (QED) is 0.521. The SMILES string of the molecule is CS(=O)(=O)c1cc(Cl)c(-n2nc3nc(C(F)(F)F)cc(C(F)(F)F)c3c2N)c(Cl)c1. The molecule has 6 nitrogen and oxygen atoms in total. The van der Waals surface area contributed by atoms with E-state index < -0.39 is 50.3 Å². The number of pyridine rings is 1. The molecule has 0 fully saturated rings. The van der Waals surface area contributed by atoms with Crippen LogP contribution >= 0.6 is 23.2 Å². The van der Waals surface area contributed by atoms with Gasteiger partial charge in [-0.1, -0.05) is 23.2 Å². The molecule has 0 bridgehead atoms. The molecule has 3 rings (SSSR count). The Balaban J connectivity index is 2.39. The lowest BCUT2D eigenvalue weighted by atomic mass is 10.1. The fourth-order valence-electron chi connectivity index (χ4n) is 2.61. The third-order valence-electron chi connectivity index (χ3n) is 3.91. The van der Waals surface area contributed by atoms with E-state index in [2.05, 4.69) is 10.1 Å². The van der Waals surface area contributed by atoms with Gasteiger partial charge in [0.25, 0.3) is 0 Å².